The predicted octanol–water partition coefficient (Wildman–Crippen LogP) is 4.64. The summed E-state index contributed by atoms with van der Waals surface area (Å²) in [5.74, 6) is 0.0158. The molecule has 0 spiro atoms. The van der Waals surface area contributed by atoms with E-state index < -0.39 is 11.4 Å². The first-order valence-corrected chi connectivity index (χ1v) is 9.80. The van der Waals surface area contributed by atoms with Gasteiger partial charge in [-0.1, -0.05) is 38.8 Å². The Balaban J connectivity index is 2.16. The van der Waals surface area contributed by atoms with Crippen molar-refractivity contribution < 1.29 is 19.4 Å². The average Bonchev–Trinajstić information content (AvgIpc) is 2.78. The zero-order valence-corrected chi connectivity index (χ0v) is 17.0. The summed E-state index contributed by atoms with van der Waals surface area (Å²) >= 11 is 6.42. The first-order chi connectivity index (χ1) is 13.3. The zero-order chi connectivity index (χ0) is 20.4. The van der Waals surface area contributed by atoms with Gasteiger partial charge >= 0.3 is 5.97 Å². The number of benzene rings is 1. The average molecular weight is 406 g/mol. The van der Waals surface area contributed by atoms with Gasteiger partial charge in [0.15, 0.2) is 5.43 Å². The van der Waals surface area contributed by atoms with Gasteiger partial charge in [0, 0.05) is 23.9 Å². The SMILES string of the molecule is CCCCOc1cc2c(cc1Cl)-c1cc(=O)c(C(=O)O)cn1[C@H](C(C)C)CO2. The normalized spacial score (nSPS) is 15.4. The molecule has 0 radical (unpaired) electrons. The molecule has 6 nitrogen and oxygen atoms in total. The Morgan fingerprint density at radius 1 is 1.39 bits per heavy atom. The van der Waals surface area contributed by atoms with Crippen LogP contribution in [0.15, 0.2) is 29.2 Å². The summed E-state index contributed by atoms with van der Waals surface area (Å²) in [4.78, 5) is 23.8. The van der Waals surface area contributed by atoms with Crippen molar-refractivity contribution in [1.82, 2.24) is 4.57 Å². The Hall–Kier alpha value is -2.47. The van der Waals surface area contributed by atoms with Crippen molar-refractivity contribution >= 4 is 17.6 Å². The van der Waals surface area contributed by atoms with Crippen molar-refractivity contribution in [3.63, 3.8) is 0 Å². The zero-order valence-electron chi connectivity index (χ0n) is 16.2. The summed E-state index contributed by atoms with van der Waals surface area (Å²) in [6, 6.07) is 4.67. The monoisotopic (exact) mass is 405 g/mol. The van der Waals surface area contributed by atoms with Gasteiger partial charge in [-0.2, -0.15) is 0 Å². The second-order valence-electron chi connectivity index (χ2n) is 7.25. The number of aromatic carboxylic acids is 1. The summed E-state index contributed by atoms with van der Waals surface area (Å²) < 4.78 is 13.6. The fourth-order valence-electron chi connectivity index (χ4n) is 3.26. The molecule has 28 heavy (non-hydrogen) atoms. The van der Waals surface area contributed by atoms with Crippen LogP contribution < -0.4 is 14.9 Å². The Bertz CT molecular complexity index is 951. The fraction of sp³-hybridized carbons (Fsp3) is 0.429. The molecule has 0 fully saturated rings. The number of aromatic nitrogens is 1. The number of fused-ring (bicyclic) bond motifs is 3. The van der Waals surface area contributed by atoms with Crippen LogP contribution in [-0.4, -0.2) is 28.9 Å². The van der Waals surface area contributed by atoms with Crippen molar-refractivity contribution in [2.75, 3.05) is 13.2 Å². The highest BCUT2D eigenvalue weighted by Crippen LogP contribution is 2.42. The maximum Gasteiger partial charge on any atom is 0.341 e. The van der Waals surface area contributed by atoms with Crippen LogP contribution in [0.4, 0.5) is 0 Å². The molecule has 0 aliphatic carbocycles. The van der Waals surface area contributed by atoms with E-state index in [9.17, 15) is 14.7 Å². The van der Waals surface area contributed by atoms with Crippen LogP contribution >= 0.6 is 11.6 Å². The highest BCUT2D eigenvalue weighted by Gasteiger charge is 2.27. The van der Waals surface area contributed by atoms with Crippen LogP contribution in [0, 0.1) is 5.92 Å². The lowest BCUT2D eigenvalue weighted by Crippen LogP contribution is -2.25. The number of nitrogens with zero attached hydrogens (tertiary/aromatic N) is 1. The van der Waals surface area contributed by atoms with Crippen molar-refractivity contribution in [2.45, 2.75) is 39.7 Å². The number of hydrogen-bond acceptors (Lipinski definition) is 4. The molecule has 1 aromatic heterocycles. The second kappa shape index (κ2) is 8.27. The quantitative estimate of drug-likeness (QED) is 0.708. The van der Waals surface area contributed by atoms with Gasteiger partial charge in [0.2, 0.25) is 0 Å². The third-order valence-corrected chi connectivity index (χ3v) is 5.21. The highest BCUT2D eigenvalue weighted by molar-refractivity contribution is 6.32. The van der Waals surface area contributed by atoms with E-state index in [-0.39, 0.29) is 17.5 Å². The van der Waals surface area contributed by atoms with Crippen LogP contribution in [0.5, 0.6) is 11.5 Å². The molecular weight excluding hydrogens is 382 g/mol. The molecule has 1 aliphatic heterocycles. The van der Waals surface area contributed by atoms with E-state index in [1.807, 2.05) is 18.4 Å². The molecule has 0 amide bonds. The number of carboxylic acids is 1. The number of hydrogen-bond donors (Lipinski definition) is 1. The fourth-order valence-corrected chi connectivity index (χ4v) is 3.48. The van der Waals surface area contributed by atoms with Gasteiger partial charge in [0.05, 0.1) is 23.4 Å². The first kappa shape index (κ1) is 20.3. The molecule has 0 bridgehead atoms. The van der Waals surface area contributed by atoms with Crippen LogP contribution in [-0.2, 0) is 0 Å². The summed E-state index contributed by atoms with van der Waals surface area (Å²) in [6.07, 6.45) is 3.33. The number of pyridine rings is 1. The first-order valence-electron chi connectivity index (χ1n) is 9.42. The number of halogens is 1. The maximum atomic E-state index is 12.4. The molecule has 1 atom stereocenters. The van der Waals surface area contributed by atoms with Crippen LogP contribution in [0.1, 0.15) is 50.0 Å². The Morgan fingerprint density at radius 3 is 2.79 bits per heavy atom. The minimum Gasteiger partial charge on any atom is -0.492 e. The van der Waals surface area contributed by atoms with E-state index in [4.69, 9.17) is 21.1 Å². The molecule has 0 saturated heterocycles. The van der Waals surface area contributed by atoms with Gasteiger partial charge in [0.1, 0.15) is 23.7 Å². The number of ether oxygens (including phenoxy) is 2. The molecule has 0 saturated carbocycles. The lowest BCUT2D eigenvalue weighted by atomic mass is 10.0. The topological polar surface area (TPSA) is 77.8 Å². The molecule has 0 unspecified atom stereocenters. The van der Waals surface area contributed by atoms with Crippen LogP contribution in [0.3, 0.4) is 0 Å². The van der Waals surface area contributed by atoms with Crippen molar-refractivity contribution in [1.29, 1.82) is 0 Å². The second-order valence-corrected chi connectivity index (χ2v) is 7.66. The molecule has 7 heteroatoms. The number of rotatable bonds is 6. The molecular formula is C21H24ClNO5. The Morgan fingerprint density at radius 2 is 2.14 bits per heavy atom. The van der Waals surface area contributed by atoms with Crippen LogP contribution in [0.25, 0.3) is 11.3 Å². The summed E-state index contributed by atoms with van der Waals surface area (Å²) in [6.45, 7) is 7.03. The van der Waals surface area contributed by atoms with Crippen molar-refractivity contribution in [3.05, 3.63) is 45.2 Å². The number of carboxylic acid groups (broad SMARTS) is 1. The third kappa shape index (κ3) is 3.87. The largest absolute Gasteiger partial charge is 0.492 e. The van der Waals surface area contributed by atoms with E-state index in [0.717, 1.165) is 12.8 Å². The molecule has 2 heterocycles. The van der Waals surface area contributed by atoms with Crippen molar-refractivity contribution in [2.24, 2.45) is 5.92 Å². The number of carbonyl (C=O) groups is 1. The van der Waals surface area contributed by atoms with Gasteiger partial charge in [-0.25, -0.2) is 4.79 Å². The van der Waals surface area contributed by atoms with E-state index in [0.29, 0.717) is 41.0 Å². The van der Waals surface area contributed by atoms with E-state index >= 15 is 0 Å². The molecule has 150 valence electrons. The van der Waals surface area contributed by atoms with Gasteiger partial charge in [0.25, 0.3) is 0 Å². The van der Waals surface area contributed by atoms with E-state index in [2.05, 4.69) is 6.92 Å². The molecule has 2 aromatic rings. The third-order valence-electron chi connectivity index (χ3n) is 4.91. The Kier molecular flexibility index (Phi) is 5.98. The summed E-state index contributed by atoms with van der Waals surface area (Å²) in [5, 5.41) is 9.78. The molecule has 3 rings (SSSR count). The lowest BCUT2D eigenvalue weighted by molar-refractivity contribution is 0.0694. The number of unbranched alkanes of at least 4 members (excludes halogenated alkanes) is 1. The Labute approximate surface area is 168 Å². The summed E-state index contributed by atoms with van der Waals surface area (Å²) in [7, 11) is 0. The minimum absolute atomic E-state index is 0.135. The van der Waals surface area contributed by atoms with Crippen LogP contribution in [0.2, 0.25) is 5.02 Å². The lowest BCUT2D eigenvalue weighted by Gasteiger charge is -2.24. The minimum atomic E-state index is -1.24. The van der Waals surface area contributed by atoms with Gasteiger partial charge in [-0.15, -0.1) is 0 Å². The van der Waals surface area contributed by atoms with Gasteiger partial charge < -0.3 is 19.1 Å². The van der Waals surface area contributed by atoms with Gasteiger partial charge in [-0.3, -0.25) is 4.79 Å². The molecule has 1 aromatic carbocycles. The predicted molar refractivity (Wildman–Crippen MR) is 108 cm³/mol. The van der Waals surface area contributed by atoms with E-state index in [1.54, 1.807) is 12.1 Å². The smallest absolute Gasteiger partial charge is 0.341 e. The standard InChI is InChI=1S/C21H24ClNO5/c1-4-5-6-27-20-9-19-13(7-15(20)22)16-8-18(24)14(21(25)26)10-23(16)17(11-28-19)12(2)3/h7-10,12,17H,4-6,11H2,1-3H3,(H,25,26)/t17-/m0/s1. The molecule has 1 N–H and O–H groups in total. The maximum absolute atomic E-state index is 12.4. The van der Waals surface area contributed by atoms with E-state index in [1.165, 1.54) is 12.3 Å². The van der Waals surface area contributed by atoms with Gasteiger partial charge in [-0.05, 0) is 18.4 Å². The molecule has 1 aliphatic rings. The highest BCUT2D eigenvalue weighted by atomic mass is 35.5. The van der Waals surface area contributed by atoms with Crippen molar-refractivity contribution in [3.8, 4) is 22.8 Å². The summed E-state index contributed by atoms with van der Waals surface area (Å²) in [5.41, 5.74) is 0.421.